The van der Waals surface area contributed by atoms with Gasteiger partial charge in [0.15, 0.2) is 0 Å². The number of hydrogen-bond acceptors (Lipinski definition) is 4. The van der Waals surface area contributed by atoms with Gasteiger partial charge in [-0.15, -0.1) is 0 Å². The second-order valence-corrected chi connectivity index (χ2v) is 8.50. The minimum atomic E-state index is -0.668. The van der Waals surface area contributed by atoms with Crippen molar-refractivity contribution in [1.29, 1.82) is 0 Å². The number of carbonyl (C=O) groups excluding carboxylic acids is 3. The van der Waals surface area contributed by atoms with E-state index in [-0.39, 0.29) is 11.9 Å². The van der Waals surface area contributed by atoms with Gasteiger partial charge in [0, 0.05) is 25.3 Å². The lowest BCUT2D eigenvalue weighted by Crippen LogP contribution is -2.44. The molecule has 0 radical (unpaired) electrons. The van der Waals surface area contributed by atoms with Crippen molar-refractivity contribution in [2.24, 2.45) is 5.92 Å². The van der Waals surface area contributed by atoms with Gasteiger partial charge >= 0.3 is 17.8 Å². The van der Waals surface area contributed by atoms with Crippen LogP contribution in [-0.2, 0) is 9.59 Å². The highest BCUT2D eigenvalue weighted by Gasteiger charge is 2.25. The molecule has 33 heavy (non-hydrogen) atoms. The molecule has 1 saturated heterocycles. The molecule has 3 N–H and O–H groups in total. The highest BCUT2D eigenvalue weighted by Crippen LogP contribution is 2.25. The van der Waals surface area contributed by atoms with Gasteiger partial charge in [-0.1, -0.05) is 29.8 Å². The van der Waals surface area contributed by atoms with E-state index in [1.807, 2.05) is 45.0 Å². The zero-order chi connectivity index (χ0) is 24.0. The fourth-order valence-electron chi connectivity index (χ4n) is 4.15. The first-order valence-electron chi connectivity index (χ1n) is 11.1. The van der Waals surface area contributed by atoms with Gasteiger partial charge in [-0.25, -0.2) is 4.79 Å². The van der Waals surface area contributed by atoms with Crippen molar-refractivity contribution in [2.75, 3.05) is 37.4 Å². The van der Waals surface area contributed by atoms with E-state index in [2.05, 4.69) is 16.0 Å². The van der Waals surface area contributed by atoms with E-state index in [1.54, 1.807) is 24.1 Å². The average Bonchev–Trinajstić information content (AvgIpc) is 2.80. The Morgan fingerprint density at radius 2 is 1.61 bits per heavy atom. The Balaban J connectivity index is 1.44. The Morgan fingerprint density at radius 3 is 2.24 bits per heavy atom. The molecule has 2 aromatic carbocycles. The lowest BCUT2D eigenvalue weighted by atomic mass is 9.97. The maximum Gasteiger partial charge on any atom is 0.321 e. The van der Waals surface area contributed by atoms with Crippen LogP contribution in [0.2, 0.25) is 0 Å². The molecule has 0 unspecified atom stereocenters. The van der Waals surface area contributed by atoms with Crippen LogP contribution in [0, 0.1) is 26.7 Å². The molecule has 8 nitrogen and oxygen atoms in total. The number of ether oxygens (including phenoxy) is 1. The number of urea groups is 1. The van der Waals surface area contributed by atoms with Crippen LogP contribution in [0.15, 0.2) is 36.4 Å². The topological polar surface area (TPSA) is 99.8 Å². The van der Waals surface area contributed by atoms with Crippen LogP contribution in [0.25, 0.3) is 0 Å². The number of carbonyl (C=O) groups is 3. The van der Waals surface area contributed by atoms with E-state index in [1.165, 1.54) is 0 Å². The summed E-state index contributed by atoms with van der Waals surface area (Å²) < 4.78 is 5.27. The molecule has 8 heteroatoms. The first-order valence-corrected chi connectivity index (χ1v) is 11.1. The van der Waals surface area contributed by atoms with E-state index in [0.717, 1.165) is 29.5 Å². The third-order valence-electron chi connectivity index (χ3n) is 5.92. The quantitative estimate of drug-likeness (QED) is 0.604. The summed E-state index contributed by atoms with van der Waals surface area (Å²) in [6.07, 6.45) is 1.49. The number of likely N-dealkylation sites (tertiary alicyclic amines) is 1. The molecule has 1 aliphatic rings. The lowest BCUT2D eigenvalue weighted by molar-refractivity contribution is -0.136. The van der Waals surface area contributed by atoms with Crippen LogP contribution < -0.4 is 20.7 Å². The number of benzene rings is 2. The summed E-state index contributed by atoms with van der Waals surface area (Å²) in [4.78, 5) is 39.0. The summed E-state index contributed by atoms with van der Waals surface area (Å²) in [7, 11) is 1.56. The summed E-state index contributed by atoms with van der Waals surface area (Å²) in [5, 5.41) is 8.35. The van der Waals surface area contributed by atoms with Crippen LogP contribution in [0.4, 0.5) is 16.2 Å². The summed E-state index contributed by atoms with van der Waals surface area (Å²) >= 11 is 0. The van der Waals surface area contributed by atoms with Crippen molar-refractivity contribution in [3.63, 3.8) is 0 Å². The fraction of sp³-hybridized carbons (Fsp3) is 0.400. The highest BCUT2D eigenvalue weighted by molar-refractivity contribution is 6.39. The van der Waals surface area contributed by atoms with Crippen molar-refractivity contribution < 1.29 is 19.1 Å². The second-order valence-electron chi connectivity index (χ2n) is 8.50. The Kier molecular flexibility index (Phi) is 7.92. The van der Waals surface area contributed by atoms with Gasteiger partial charge < -0.3 is 25.6 Å². The predicted octanol–water partition coefficient (Wildman–Crippen LogP) is 3.62. The lowest BCUT2D eigenvalue weighted by Gasteiger charge is -2.32. The van der Waals surface area contributed by atoms with Crippen LogP contribution in [0.5, 0.6) is 5.75 Å². The molecule has 0 spiro atoms. The van der Waals surface area contributed by atoms with Crippen molar-refractivity contribution in [3.05, 3.63) is 53.1 Å². The maximum atomic E-state index is 12.6. The molecular weight excluding hydrogens is 420 g/mol. The second kappa shape index (κ2) is 10.8. The molecule has 4 amide bonds. The number of methoxy groups -OCH3 is 1. The molecule has 1 heterocycles. The van der Waals surface area contributed by atoms with E-state index < -0.39 is 11.8 Å². The van der Waals surface area contributed by atoms with Gasteiger partial charge in [-0.05, 0) is 62.8 Å². The molecule has 176 valence electrons. The van der Waals surface area contributed by atoms with Crippen LogP contribution >= 0.6 is 0 Å². The predicted molar refractivity (Wildman–Crippen MR) is 129 cm³/mol. The summed E-state index contributed by atoms with van der Waals surface area (Å²) in [5.74, 6) is -0.498. The number of amides is 4. The van der Waals surface area contributed by atoms with Gasteiger partial charge in [-0.2, -0.15) is 0 Å². The first-order chi connectivity index (χ1) is 15.8. The number of anilines is 2. The average molecular weight is 453 g/mol. The summed E-state index contributed by atoms with van der Waals surface area (Å²) in [5.41, 5.74) is 4.26. The summed E-state index contributed by atoms with van der Waals surface area (Å²) in [6, 6.07) is 11.0. The molecule has 0 bridgehead atoms. The van der Waals surface area contributed by atoms with E-state index in [4.69, 9.17) is 4.74 Å². The minimum absolute atomic E-state index is 0.176. The molecule has 0 atom stereocenters. The highest BCUT2D eigenvalue weighted by atomic mass is 16.5. The molecule has 0 aliphatic carbocycles. The first kappa shape index (κ1) is 24.1. The standard InChI is InChI=1S/C25H32N4O4/c1-16-13-17(2)22(18(3)14-16)28-24(31)23(30)26-15-19-9-11-29(12-10-19)25(32)27-20-7-5-6-8-21(20)33-4/h5-8,13-14,19H,9-12,15H2,1-4H3,(H,26,30)(H,27,32)(H,28,31). The molecule has 1 fully saturated rings. The smallest absolute Gasteiger partial charge is 0.321 e. The third kappa shape index (κ3) is 6.25. The Morgan fingerprint density at radius 1 is 0.970 bits per heavy atom. The van der Waals surface area contributed by atoms with Gasteiger partial charge in [0.1, 0.15) is 5.75 Å². The van der Waals surface area contributed by atoms with Crippen LogP contribution in [-0.4, -0.2) is 49.5 Å². The molecule has 2 aromatic rings. The van der Waals surface area contributed by atoms with E-state index >= 15 is 0 Å². The molecular formula is C25H32N4O4. The van der Waals surface area contributed by atoms with Crippen LogP contribution in [0.3, 0.4) is 0 Å². The Labute approximate surface area is 194 Å². The normalized spacial score (nSPS) is 13.9. The zero-order valence-electron chi connectivity index (χ0n) is 19.7. The zero-order valence-corrected chi connectivity index (χ0v) is 19.7. The fourth-order valence-corrected chi connectivity index (χ4v) is 4.15. The van der Waals surface area contributed by atoms with Crippen molar-refractivity contribution in [2.45, 2.75) is 33.6 Å². The largest absolute Gasteiger partial charge is 0.495 e. The van der Waals surface area contributed by atoms with Crippen LogP contribution in [0.1, 0.15) is 29.5 Å². The minimum Gasteiger partial charge on any atom is -0.495 e. The Hall–Kier alpha value is -3.55. The summed E-state index contributed by atoms with van der Waals surface area (Å²) in [6.45, 7) is 7.37. The van der Waals surface area contributed by atoms with Gasteiger partial charge in [0.05, 0.1) is 12.8 Å². The molecule has 0 aromatic heterocycles. The Bertz CT molecular complexity index is 1010. The monoisotopic (exact) mass is 452 g/mol. The van der Waals surface area contributed by atoms with Crippen molar-refractivity contribution in [1.82, 2.24) is 10.2 Å². The van der Waals surface area contributed by atoms with Gasteiger partial charge in [0.25, 0.3) is 0 Å². The third-order valence-corrected chi connectivity index (χ3v) is 5.92. The SMILES string of the molecule is COc1ccccc1NC(=O)N1CCC(CNC(=O)C(=O)Nc2c(C)cc(C)cc2C)CC1. The number of aryl methyl sites for hydroxylation is 3. The molecule has 0 saturated carbocycles. The number of para-hydroxylation sites is 2. The van der Waals surface area contributed by atoms with E-state index in [9.17, 15) is 14.4 Å². The van der Waals surface area contributed by atoms with Gasteiger partial charge in [0.2, 0.25) is 0 Å². The van der Waals surface area contributed by atoms with Crippen molar-refractivity contribution >= 4 is 29.2 Å². The van der Waals surface area contributed by atoms with Gasteiger partial charge in [-0.3, -0.25) is 9.59 Å². The number of piperidine rings is 1. The number of hydrogen-bond donors (Lipinski definition) is 3. The molecule has 1 aliphatic heterocycles. The number of rotatable bonds is 5. The number of nitrogens with one attached hydrogen (secondary N) is 3. The van der Waals surface area contributed by atoms with Crippen molar-refractivity contribution in [3.8, 4) is 5.75 Å². The number of nitrogens with zero attached hydrogens (tertiary/aromatic N) is 1. The van der Waals surface area contributed by atoms with E-state index in [0.29, 0.717) is 36.8 Å². The maximum absolute atomic E-state index is 12.6. The molecule has 3 rings (SSSR count).